The van der Waals surface area contributed by atoms with Crippen LogP contribution in [0, 0.1) is 0 Å². The zero-order chi connectivity index (χ0) is 14.7. The number of aryl methyl sites for hydroxylation is 2. The number of nitrogens with one attached hydrogen (secondary N) is 1. The molecule has 6 heteroatoms. The summed E-state index contributed by atoms with van der Waals surface area (Å²) in [4.78, 5) is 16.7. The Balaban J connectivity index is 2.18. The van der Waals surface area contributed by atoms with Crippen molar-refractivity contribution in [3.63, 3.8) is 0 Å². The molecule has 0 saturated carbocycles. The minimum atomic E-state index is -0.138. The first kappa shape index (κ1) is 14.7. The molecule has 0 aliphatic rings. The van der Waals surface area contributed by atoms with Gasteiger partial charge in [0.15, 0.2) is 0 Å². The van der Waals surface area contributed by atoms with Crippen molar-refractivity contribution in [1.29, 1.82) is 0 Å². The van der Waals surface area contributed by atoms with E-state index in [1.807, 2.05) is 17.8 Å². The highest BCUT2D eigenvalue weighted by Gasteiger charge is 2.20. The maximum absolute atomic E-state index is 12.3. The molecule has 5 nitrogen and oxygen atoms in total. The Morgan fingerprint density at radius 3 is 2.70 bits per heavy atom. The van der Waals surface area contributed by atoms with Crippen molar-refractivity contribution in [2.24, 2.45) is 14.1 Å². The molecule has 0 aromatic carbocycles. The van der Waals surface area contributed by atoms with Gasteiger partial charge in [-0.25, -0.2) is 4.98 Å². The lowest BCUT2D eigenvalue weighted by molar-refractivity contribution is 0.0924. The average molecular weight is 295 g/mol. The lowest BCUT2D eigenvalue weighted by Crippen LogP contribution is -2.31. The topological polar surface area (TPSA) is 51.9 Å². The Labute approximate surface area is 123 Å². The summed E-state index contributed by atoms with van der Waals surface area (Å²) >= 11 is 5.91. The van der Waals surface area contributed by atoms with Gasteiger partial charge in [0.25, 0.3) is 5.91 Å². The van der Waals surface area contributed by atoms with Gasteiger partial charge in [0.2, 0.25) is 0 Å². The molecule has 1 atom stereocenters. The van der Waals surface area contributed by atoms with Crippen molar-refractivity contribution in [2.45, 2.75) is 25.8 Å². The van der Waals surface area contributed by atoms with Gasteiger partial charge < -0.3 is 14.5 Å². The van der Waals surface area contributed by atoms with E-state index in [4.69, 9.17) is 11.6 Å². The lowest BCUT2D eigenvalue weighted by atomic mass is 10.1. The molecule has 2 aromatic rings. The van der Waals surface area contributed by atoms with Crippen LogP contribution in [0.15, 0.2) is 24.7 Å². The zero-order valence-corrected chi connectivity index (χ0v) is 12.7. The van der Waals surface area contributed by atoms with E-state index >= 15 is 0 Å². The largest absolute Gasteiger partial charge is 0.345 e. The maximum atomic E-state index is 12.3. The molecule has 1 N–H and O–H groups in total. The number of rotatable bonds is 5. The third kappa shape index (κ3) is 3.04. The van der Waals surface area contributed by atoms with Crippen molar-refractivity contribution in [3.05, 3.63) is 41.2 Å². The highest BCUT2D eigenvalue weighted by molar-refractivity contribution is 6.31. The number of hydrogen-bond donors (Lipinski definition) is 1. The van der Waals surface area contributed by atoms with Crippen LogP contribution in [-0.4, -0.2) is 20.0 Å². The number of nitrogens with zero attached hydrogens (tertiary/aromatic N) is 3. The lowest BCUT2D eigenvalue weighted by Gasteiger charge is -2.18. The summed E-state index contributed by atoms with van der Waals surface area (Å²) in [7, 11) is 3.73. The van der Waals surface area contributed by atoms with Gasteiger partial charge in [-0.15, -0.1) is 0 Å². The number of carbonyl (C=O) groups is 1. The number of imidazole rings is 1. The summed E-state index contributed by atoms with van der Waals surface area (Å²) in [5.41, 5.74) is 0.547. The van der Waals surface area contributed by atoms with Crippen LogP contribution in [0.5, 0.6) is 0 Å². The molecule has 0 spiro atoms. The molecule has 2 aromatic heterocycles. The van der Waals surface area contributed by atoms with Crippen LogP contribution in [0.25, 0.3) is 0 Å². The number of halogens is 1. The second kappa shape index (κ2) is 6.13. The monoisotopic (exact) mass is 294 g/mol. The molecular formula is C14H19ClN4O. The molecule has 0 bridgehead atoms. The van der Waals surface area contributed by atoms with Gasteiger partial charge in [-0.3, -0.25) is 4.79 Å². The second-order valence-electron chi connectivity index (χ2n) is 4.87. The van der Waals surface area contributed by atoms with Crippen molar-refractivity contribution >= 4 is 17.5 Å². The summed E-state index contributed by atoms with van der Waals surface area (Å²) in [6, 6.07) is 1.57. The quantitative estimate of drug-likeness (QED) is 0.922. The molecule has 0 fully saturated rings. The van der Waals surface area contributed by atoms with Gasteiger partial charge in [-0.1, -0.05) is 24.9 Å². The van der Waals surface area contributed by atoms with Gasteiger partial charge in [-0.05, 0) is 12.5 Å². The third-order valence-corrected chi connectivity index (χ3v) is 3.46. The molecule has 0 aliphatic carbocycles. The normalized spacial score (nSPS) is 12.4. The molecule has 0 unspecified atom stereocenters. The van der Waals surface area contributed by atoms with E-state index in [1.54, 1.807) is 30.1 Å². The van der Waals surface area contributed by atoms with Crippen LogP contribution in [0.2, 0.25) is 5.02 Å². The minimum absolute atomic E-state index is 0.0961. The molecule has 2 rings (SSSR count). The van der Waals surface area contributed by atoms with Crippen LogP contribution in [0.1, 0.15) is 42.1 Å². The number of amides is 1. The fourth-order valence-electron chi connectivity index (χ4n) is 2.25. The van der Waals surface area contributed by atoms with Crippen LogP contribution in [0.4, 0.5) is 0 Å². The van der Waals surface area contributed by atoms with Crippen LogP contribution >= 0.6 is 11.6 Å². The van der Waals surface area contributed by atoms with Gasteiger partial charge in [-0.2, -0.15) is 0 Å². The fourth-order valence-corrected chi connectivity index (χ4v) is 2.50. The molecule has 0 aliphatic heterocycles. The van der Waals surface area contributed by atoms with E-state index in [2.05, 4.69) is 17.2 Å². The SMILES string of the molecule is CCC[C@H](NC(=O)c1cc(Cl)cn1C)c1nccn1C. The number of carbonyl (C=O) groups excluding carboxylic acids is 1. The van der Waals surface area contributed by atoms with Crippen LogP contribution in [-0.2, 0) is 14.1 Å². The van der Waals surface area contributed by atoms with E-state index < -0.39 is 0 Å². The first-order chi connectivity index (χ1) is 9.52. The van der Waals surface area contributed by atoms with Crippen molar-refractivity contribution in [3.8, 4) is 0 Å². The zero-order valence-electron chi connectivity index (χ0n) is 11.9. The van der Waals surface area contributed by atoms with Gasteiger partial charge in [0, 0.05) is 32.7 Å². The number of aromatic nitrogens is 3. The van der Waals surface area contributed by atoms with Gasteiger partial charge >= 0.3 is 0 Å². The molecule has 1 amide bonds. The molecular weight excluding hydrogens is 276 g/mol. The van der Waals surface area contributed by atoms with Gasteiger partial charge in [0.05, 0.1) is 11.1 Å². The van der Waals surface area contributed by atoms with E-state index in [9.17, 15) is 4.79 Å². The summed E-state index contributed by atoms with van der Waals surface area (Å²) in [5, 5.41) is 3.59. The summed E-state index contributed by atoms with van der Waals surface area (Å²) in [5.74, 6) is 0.723. The van der Waals surface area contributed by atoms with Gasteiger partial charge in [0.1, 0.15) is 11.5 Å². The minimum Gasteiger partial charge on any atom is -0.345 e. The average Bonchev–Trinajstić information content (AvgIpc) is 2.94. The first-order valence-electron chi connectivity index (χ1n) is 6.63. The van der Waals surface area contributed by atoms with E-state index in [1.165, 1.54) is 0 Å². The Hall–Kier alpha value is -1.75. The van der Waals surface area contributed by atoms with E-state index in [0.29, 0.717) is 10.7 Å². The fraction of sp³-hybridized carbons (Fsp3) is 0.429. The number of hydrogen-bond acceptors (Lipinski definition) is 2. The standard InChI is InChI=1S/C14H19ClN4O/c1-4-5-11(13-16-6-7-18(13)2)17-14(20)12-8-10(15)9-19(12)3/h6-9,11H,4-5H2,1-3H3,(H,17,20)/t11-/m0/s1. The first-order valence-corrected chi connectivity index (χ1v) is 7.00. The Morgan fingerprint density at radius 1 is 1.45 bits per heavy atom. The molecule has 0 saturated heterocycles. The molecule has 108 valence electrons. The highest BCUT2D eigenvalue weighted by atomic mass is 35.5. The molecule has 2 heterocycles. The Bertz CT molecular complexity index is 602. The summed E-state index contributed by atoms with van der Waals surface area (Å²) in [6.07, 6.45) is 7.14. The van der Waals surface area contributed by atoms with Crippen molar-refractivity contribution in [1.82, 2.24) is 19.4 Å². The summed E-state index contributed by atoms with van der Waals surface area (Å²) in [6.45, 7) is 2.08. The molecule has 0 radical (unpaired) electrons. The van der Waals surface area contributed by atoms with Crippen LogP contribution < -0.4 is 5.32 Å². The van der Waals surface area contributed by atoms with E-state index in [-0.39, 0.29) is 11.9 Å². The maximum Gasteiger partial charge on any atom is 0.268 e. The predicted octanol–water partition coefficient (Wildman–Crippen LogP) is 2.68. The Kier molecular flexibility index (Phi) is 4.49. The highest BCUT2D eigenvalue weighted by Crippen LogP contribution is 2.18. The summed E-state index contributed by atoms with van der Waals surface area (Å²) < 4.78 is 3.65. The second-order valence-corrected chi connectivity index (χ2v) is 5.30. The van der Waals surface area contributed by atoms with Crippen molar-refractivity contribution in [2.75, 3.05) is 0 Å². The smallest absolute Gasteiger partial charge is 0.268 e. The third-order valence-electron chi connectivity index (χ3n) is 3.26. The van der Waals surface area contributed by atoms with Crippen LogP contribution in [0.3, 0.4) is 0 Å². The molecule has 20 heavy (non-hydrogen) atoms. The van der Waals surface area contributed by atoms with Crippen molar-refractivity contribution < 1.29 is 4.79 Å². The van der Waals surface area contributed by atoms with E-state index in [0.717, 1.165) is 18.7 Å². The predicted molar refractivity (Wildman–Crippen MR) is 78.7 cm³/mol. The Morgan fingerprint density at radius 2 is 2.20 bits per heavy atom.